The third-order valence-electron chi connectivity index (χ3n) is 2.85. The van der Waals surface area contributed by atoms with Crippen molar-refractivity contribution in [3.05, 3.63) is 51.0 Å². The summed E-state index contributed by atoms with van der Waals surface area (Å²) in [6.45, 7) is 0. The first kappa shape index (κ1) is 14.3. The average Bonchev–Trinajstić information content (AvgIpc) is 2.46. The van der Waals surface area contributed by atoms with Gasteiger partial charge >= 0.3 is 0 Å². The Morgan fingerprint density at radius 1 is 1.05 bits per heavy atom. The van der Waals surface area contributed by atoms with Crippen LogP contribution in [0.1, 0.15) is 0 Å². The van der Waals surface area contributed by atoms with Crippen molar-refractivity contribution in [3.63, 3.8) is 0 Å². The molecule has 0 N–H and O–H groups in total. The van der Waals surface area contributed by atoms with Crippen LogP contribution in [-0.4, -0.2) is 19.1 Å². The van der Waals surface area contributed by atoms with Gasteiger partial charge in [-0.15, -0.1) is 0 Å². The van der Waals surface area contributed by atoms with Gasteiger partial charge in [0.25, 0.3) is 5.69 Å². The van der Waals surface area contributed by atoms with E-state index in [4.69, 9.17) is 9.47 Å². The molecule has 0 spiro atoms. The van der Waals surface area contributed by atoms with E-state index < -0.39 is 4.92 Å². The van der Waals surface area contributed by atoms with Crippen LogP contribution in [0.4, 0.5) is 5.69 Å². The van der Waals surface area contributed by atoms with E-state index in [1.807, 2.05) is 0 Å². The summed E-state index contributed by atoms with van der Waals surface area (Å²) in [4.78, 5) is 10.8. The van der Waals surface area contributed by atoms with E-state index in [0.717, 1.165) is 0 Å². The third-order valence-corrected chi connectivity index (χ3v) is 3.35. The van der Waals surface area contributed by atoms with Crippen LogP contribution in [0.15, 0.2) is 40.9 Å². The Labute approximate surface area is 124 Å². The van der Waals surface area contributed by atoms with Crippen LogP contribution in [0, 0.1) is 10.1 Å². The Balaban J connectivity index is 2.69. The molecule has 0 bridgehead atoms. The number of methoxy groups -OCH3 is 2. The predicted molar refractivity (Wildman–Crippen MR) is 79.3 cm³/mol. The molecule has 0 atom stereocenters. The number of ether oxygens (including phenoxy) is 2. The van der Waals surface area contributed by atoms with Crippen molar-refractivity contribution in [3.8, 4) is 22.6 Å². The van der Waals surface area contributed by atoms with Gasteiger partial charge in [-0.25, -0.2) is 0 Å². The highest BCUT2D eigenvalue weighted by molar-refractivity contribution is 9.10. The topological polar surface area (TPSA) is 61.6 Å². The average molecular weight is 338 g/mol. The number of nitro benzene ring substituents is 1. The van der Waals surface area contributed by atoms with Gasteiger partial charge in [-0.05, 0) is 30.3 Å². The van der Waals surface area contributed by atoms with Gasteiger partial charge in [0.05, 0.1) is 24.7 Å². The summed E-state index contributed by atoms with van der Waals surface area (Å²) in [5, 5.41) is 11.2. The van der Waals surface area contributed by atoms with E-state index >= 15 is 0 Å². The van der Waals surface area contributed by atoms with Crippen LogP contribution >= 0.6 is 15.9 Å². The predicted octanol–water partition coefficient (Wildman–Crippen LogP) is 4.04. The van der Waals surface area contributed by atoms with E-state index in [-0.39, 0.29) is 5.69 Å². The fraction of sp³-hybridized carbons (Fsp3) is 0.143. The molecule has 0 aliphatic rings. The Kier molecular flexibility index (Phi) is 4.24. The van der Waals surface area contributed by atoms with Crippen LogP contribution < -0.4 is 9.47 Å². The molecule has 2 aromatic carbocycles. The van der Waals surface area contributed by atoms with Gasteiger partial charge in [-0.1, -0.05) is 15.9 Å². The van der Waals surface area contributed by atoms with Crippen molar-refractivity contribution < 1.29 is 14.4 Å². The molecule has 5 nitrogen and oxygen atoms in total. The van der Waals surface area contributed by atoms with E-state index in [1.54, 1.807) is 37.4 Å². The second-order valence-corrected chi connectivity index (χ2v) is 4.90. The summed E-state index contributed by atoms with van der Waals surface area (Å²) < 4.78 is 11.1. The lowest BCUT2D eigenvalue weighted by Gasteiger charge is -2.11. The monoisotopic (exact) mass is 337 g/mol. The molecule has 0 saturated heterocycles. The molecular formula is C14H12BrNO4. The normalized spacial score (nSPS) is 10.2. The maximum Gasteiger partial charge on any atom is 0.278 e. The first-order valence-electron chi connectivity index (χ1n) is 5.73. The summed E-state index contributed by atoms with van der Waals surface area (Å²) in [7, 11) is 3.07. The molecule has 0 amide bonds. The minimum absolute atomic E-state index is 0.00549. The SMILES string of the molecule is COc1ccc(OC)c(-c2ccc(Br)cc2[N+](=O)[O-])c1. The first-order chi connectivity index (χ1) is 9.56. The van der Waals surface area contributed by atoms with Crippen molar-refractivity contribution in [2.45, 2.75) is 0 Å². The van der Waals surface area contributed by atoms with Crippen LogP contribution in [0.25, 0.3) is 11.1 Å². The Bertz CT molecular complexity index is 658. The number of hydrogen-bond acceptors (Lipinski definition) is 4. The molecule has 0 saturated carbocycles. The molecule has 0 radical (unpaired) electrons. The molecule has 0 aromatic heterocycles. The lowest BCUT2D eigenvalue weighted by atomic mass is 10.0. The number of rotatable bonds is 4. The highest BCUT2D eigenvalue weighted by Gasteiger charge is 2.19. The molecule has 6 heteroatoms. The quantitative estimate of drug-likeness (QED) is 0.623. The molecular weight excluding hydrogens is 326 g/mol. The number of hydrogen-bond donors (Lipinski definition) is 0. The van der Waals surface area contributed by atoms with Gasteiger partial charge < -0.3 is 9.47 Å². The van der Waals surface area contributed by atoms with Crippen molar-refractivity contribution in [2.24, 2.45) is 0 Å². The summed E-state index contributed by atoms with van der Waals surface area (Å²) in [6.07, 6.45) is 0. The molecule has 0 aliphatic heterocycles. The zero-order chi connectivity index (χ0) is 14.7. The fourth-order valence-electron chi connectivity index (χ4n) is 1.91. The van der Waals surface area contributed by atoms with Gasteiger partial charge in [0.1, 0.15) is 11.5 Å². The van der Waals surface area contributed by atoms with E-state index in [9.17, 15) is 10.1 Å². The Hall–Kier alpha value is -2.08. The molecule has 0 fully saturated rings. The molecule has 0 unspecified atom stereocenters. The zero-order valence-electron chi connectivity index (χ0n) is 10.9. The van der Waals surface area contributed by atoms with Crippen molar-refractivity contribution >= 4 is 21.6 Å². The second kappa shape index (κ2) is 5.92. The van der Waals surface area contributed by atoms with Gasteiger partial charge in [0, 0.05) is 16.1 Å². The van der Waals surface area contributed by atoms with Crippen molar-refractivity contribution in [2.75, 3.05) is 14.2 Å². The smallest absolute Gasteiger partial charge is 0.278 e. The van der Waals surface area contributed by atoms with Crippen LogP contribution in [0.5, 0.6) is 11.5 Å². The molecule has 20 heavy (non-hydrogen) atoms. The highest BCUT2D eigenvalue weighted by Crippen LogP contribution is 2.39. The van der Waals surface area contributed by atoms with Gasteiger partial charge in [-0.3, -0.25) is 10.1 Å². The Morgan fingerprint density at radius 2 is 1.80 bits per heavy atom. The minimum atomic E-state index is -0.418. The molecule has 0 aliphatic carbocycles. The zero-order valence-corrected chi connectivity index (χ0v) is 12.5. The number of halogens is 1. The standard InChI is InChI=1S/C14H12BrNO4/c1-19-10-4-6-14(20-2)12(8-10)11-5-3-9(15)7-13(11)16(17)18/h3-8H,1-2H3. The molecule has 2 rings (SSSR count). The van der Waals surface area contributed by atoms with E-state index in [2.05, 4.69) is 15.9 Å². The molecule has 0 heterocycles. The van der Waals surface area contributed by atoms with Crippen molar-refractivity contribution in [1.82, 2.24) is 0 Å². The van der Waals surface area contributed by atoms with Crippen LogP contribution in [-0.2, 0) is 0 Å². The first-order valence-corrected chi connectivity index (χ1v) is 6.52. The van der Waals surface area contributed by atoms with Gasteiger partial charge in [-0.2, -0.15) is 0 Å². The Morgan fingerprint density at radius 3 is 2.40 bits per heavy atom. The second-order valence-electron chi connectivity index (χ2n) is 3.98. The lowest BCUT2D eigenvalue weighted by Crippen LogP contribution is -1.95. The van der Waals surface area contributed by atoms with Gasteiger partial charge in [0.15, 0.2) is 0 Å². The van der Waals surface area contributed by atoms with Crippen molar-refractivity contribution in [1.29, 1.82) is 0 Å². The number of benzene rings is 2. The summed E-state index contributed by atoms with van der Waals surface area (Å²) in [5.41, 5.74) is 1.10. The summed E-state index contributed by atoms with van der Waals surface area (Å²) in [6, 6.07) is 10.1. The van der Waals surface area contributed by atoms with Gasteiger partial charge in [0.2, 0.25) is 0 Å². The summed E-state index contributed by atoms with van der Waals surface area (Å²) >= 11 is 3.24. The van der Waals surface area contributed by atoms with Crippen LogP contribution in [0.3, 0.4) is 0 Å². The largest absolute Gasteiger partial charge is 0.497 e. The third kappa shape index (κ3) is 2.75. The fourth-order valence-corrected chi connectivity index (χ4v) is 2.26. The number of nitrogens with zero attached hydrogens (tertiary/aromatic N) is 1. The maximum atomic E-state index is 11.2. The minimum Gasteiger partial charge on any atom is -0.497 e. The molecule has 104 valence electrons. The van der Waals surface area contributed by atoms with E-state index in [1.165, 1.54) is 13.2 Å². The lowest BCUT2D eigenvalue weighted by molar-refractivity contribution is -0.384. The highest BCUT2D eigenvalue weighted by atomic mass is 79.9. The number of nitro groups is 1. The van der Waals surface area contributed by atoms with Crippen LogP contribution in [0.2, 0.25) is 0 Å². The summed E-state index contributed by atoms with van der Waals surface area (Å²) in [5.74, 6) is 1.16. The van der Waals surface area contributed by atoms with E-state index in [0.29, 0.717) is 27.1 Å². The molecule has 2 aromatic rings. The maximum absolute atomic E-state index is 11.2.